The second-order valence-corrected chi connectivity index (χ2v) is 7.19. The summed E-state index contributed by atoms with van der Waals surface area (Å²) in [6, 6.07) is 9.96. The molecule has 6 heteroatoms. The minimum Gasteiger partial charge on any atom is -0.376 e. The highest BCUT2D eigenvalue weighted by Gasteiger charge is 2.21. The summed E-state index contributed by atoms with van der Waals surface area (Å²) in [6.07, 6.45) is 2.17. The van der Waals surface area contributed by atoms with Gasteiger partial charge in [0.15, 0.2) is 5.65 Å². The summed E-state index contributed by atoms with van der Waals surface area (Å²) < 4.78 is 7.42. The summed E-state index contributed by atoms with van der Waals surface area (Å²) in [5.41, 5.74) is 5.02. The lowest BCUT2D eigenvalue weighted by molar-refractivity contribution is 0.0859. The zero-order valence-electron chi connectivity index (χ0n) is 16.0. The third-order valence-electron chi connectivity index (χ3n) is 4.98. The third-order valence-corrected chi connectivity index (χ3v) is 4.98. The highest BCUT2D eigenvalue weighted by atomic mass is 16.5. The van der Waals surface area contributed by atoms with Crippen molar-refractivity contribution in [3.63, 3.8) is 0 Å². The molecule has 2 aromatic heterocycles. The topological polar surface area (TPSA) is 69.0 Å². The van der Waals surface area contributed by atoms with E-state index in [1.54, 1.807) is 0 Å². The monoisotopic (exact) mass is 364 g/mol. The van der Waals surface area contributed by atoms with Crippen LogP contribution in [0.5, 0.6) is 0 Å². The zero-order chi connectivity index (χ0) is 19.0. The van der Waals surface area contributed by atoms with E-state index < -0.39 is 0 Å². The number of nitrogens with zero attached hydrogens (tertiary/aromatic N) is 3. The van der Waals surface area contributed by atoms with Gasteiger partial charge in [-0.05, 0) is 51.8 Å². The molecule has 0 spiro atoms. The largest absolute Gasteiger partial charge is 0.376 e. The van der Waals surface area contributed by atoms with Crippen molar-refractivity contribution in [3.05, 3.63) is 52.8 Å². The van der Waals surface area contributed by atoms with E-state index in [1.165, 1.54) is 5.56 Å². The SMILES string of the molecule is Cc1ccc(-n2nc(C)c3c(C(=O)NCC4CCCO4)cc(C)nc32)cc1. The molecule has 1 atom stereocenters. The van der Waals surface area contributed by atoms with E-state index in [2.05, 4.69) is 22.3 Å². The highest BCUT2D eigenvalue weighted by molar-refractivity contribution is 6.06. The molecule has 0 radical (unpaired) electrons. The van der Waals surface area contributed by atoms with Gasteiger partial charge in [-0.15, -0.1) is 0 Å². The van der Waals surface area contributed by atoms with Crippen molar-refractivity contribution in [2.24, 2.45) is 0 Å². The van der Waals surface area contributed by atoms with Crippen molar-refractivity contribution in [2.75, 3.05) is 13.2 Å². The molecule has 27 heavy (non-hydrogen) atoms. The number of ether oxygens (including phenoxy) is 1. The lowest BCUT2D eigenvalue weighted by Gasteiger charge is -2.12. The van der Waals surface area contributed by atoms with Crippen molar-refractivity contribution in [3.8, 4) is 5.69 Å². The number of benzene rings is 1. The van der Waals surface area contributed by atoms with Crippen molar-refractivity contribution in [2.45, 2.75) is 39.7 Å². The van der Waals surface area contributed by atoms with Crippen LogP contribution in [-0.2, 0) is 4.74 Å². The third kappa shape index (κ3) is 3.45. The molecule has 1 amide bonds. The number of hydrogen-bond donors (Lipinski definition) is 1. The van der Waals surface area contributed by atoms with Crippen LogP contribution in [-0.4, -0.2) is 39.9 Å². The van der Waals surface area contributed by atoms with Gasteiger partial charge in [0, 0.05) is 18.8 Å². The molecule has 1 saturated heterocycles. The Morgan fingerprint density at radius 1 is 1.26 bits per heavy atom. The van der Waals surface area contributed by atoms with E-state index in [-0.39, 0.29) is 12.0 Å². The van der Waals surface area contributed by atoms with Gasteiger partial charge < -0.3 is 10.1 Å². The van der Waals surface area contributed by atoms with Gasteiger partial charge >= 0.3 is 0 Å². The second-order valence-electron chi connectivity index (χ2n) is 7.19. The van der Waals surface area contributed by atoms with Crippen LogP contribution < -0.4 is 5.32 Å². The average molecular weight is 364 g/mol. The smallest absolute Gasteiger partial charge is 0.252 e. The van der Waals surface area contributed by atoms with Crippen molar-refractivity contribution >= 4 is 16.9 Å². The minimum absolute atomic E-state index is 0.104. The Balaban J connectivity index is 1.73. The quantitative estimate of drug-likeness (QED) is 0.771. The van der Waals surface area contributed by atoms with Crippen LogP contribution >= 0.6 is 0 Å². The van der Waals surface area contributed by atoms with E-state index >= 15 is 0 Å². The molecule has 140 valence electrons. The van der Waals surface area contributed by atoms with Gasteiger partial charge in [-0.2, -0.15) is 5.10 Å². The first-order valence-corrected chi connectivity index (χ1v) is 9.37. The van der Waals surface area contributed by atoms with Gasteiger partial charge in [0.2, 0.25) is 0 Å². The molecular formula is C21H24N4O2. The van der Waals surface area contributed by atoms with E-state index in [9.17, 15) is 4.79 Å². The average Bonchev–Trinajstić information content (AvgIpc) is 3.28. The van der Waals surface area contributed by atoms with Gasteiger partial charge in [0.1, 0.15) is 0 Å². The fourth-order valence-electron chi connectivity index (χ4n) is 3.57. The van der Waals surface area contributed by atoms with Crippen LogP contribution in [0.3, 0.4) is 0 Å². The number of aromatic nitrogens is 3. The Morgan fingerprint density at radius 3 is 2.74 bits per heavy atom. The molecule has 0 saturated carbocycles. The number of rotatable bonds is 4. The Bertz CT molecular complexity index is 986. The predicted molar refractivity (Wildman–Crippen MR) is 104 cm³/mol. The summed E-state index contributed by atoms with van der Waals surface area (Å²) in [5, 5.41) is 8.47. The number of amides is 1. The first-order valence-electron chi connectivity index (χ1n) is 9.37. The molecule has 1 aromatic carbocycles. The van der Waals surface area contributed by atoms with Gasteiger partial charge in [0.05, 0.1) is 28.4 Å². The molecule has 0 aliphatic carbocycles. The summed E-state index contributed by atoms with van der Waals surface area (Å²) in [6.45, 7) is 7.18. The number of carbonyl (C=O) groups is 1. The molecular weight excluding hydrogens is 340 g/mol. The Hall–Kier alpha value is -2.73. The summed E-state index contributed by atoms with van der Waals surface area (Å²) in [5.74, 6) is -0.104. The van der Waals surface area contributed by atoms with Gasteiger partial charge in [-0.1, -0.05) is 17.7 Å². The van der Waals surface area contributed by atoms with Crippen molar-refractivity contribution in [1.82, 2.24) is 20.1 Å². The molecule has 1 fully saturated rings. The zero-order valence-corrected chi connectivity index (χ0v) is 16.0. The van der Waals surface area contributed by atoms with Crippen LogP contribution in [0.2, 0.25) is 0 Å². The molecule has 6 nitrogen and oxygen atoms in total. The summed E-state index contributed by atoms with van der Waals surface area (Å²) >= 11 is 0. The molecule has 1 N–H and O–H groups in total. The number of aryl methyl sites for hydroxylation is 3. The molecule has 1 unspecified atom stereocenters. The fraction of sp³-hybridized carbons (Fsp3) is 0.381. The first-order chi connectivity index (χ1) is 13.0. The Morgan fingerprint density at radius 2 is 2.04 bits per heavy atom. The molecule has 1 aliphatic heterocycles. The van der Waals surface area contributed by atoms with Crippen LogP contribution in [0.25, 0.3) is 16.7 Å². The molecule has 3 heterocycles. The number of pyridine rings is 1. The maximum atomic E-state index is 12.9. The normalized spacial score (nSPS) is 16.8. The number of nitrogens with one attached hydrogen (secondary N) is 1. The number of carbonyl (C=O) groups excluding carboxylic acids is 1. The highest BCUT2D eigenvalue weighted by Crippen LogP contribution is 2.25. The van der Waals surface area contributed by atoms with E-state index in [1.807, 2.05) is 48.9 Å². The first kappa shape index (κ1) is 17.7. The van der Waals surface area contributed by atoms with E-state index in [0.29, 0.717) is 17.8 Å². The summed E-state index contributed by atoms with van der Waals surface area (Å²) in [7, 11) is 0. The molecule has 1 aliphatic rings. The summed E-state index contributed by atoms with van der Waals surface area (Å²) in [4.78, 5) is 17.6. The Labute approximate surface area is 158 Å². The molecule has 3 aromatic rings. The van der Waals surface area contributed by atoms with E-state index in [0.717, 1.165) is 41.9 Å². The Kier molecular flexibility index (Phi) is 4.66. The van der Waals surface area contributed by atoms with E-state index in [4.69, 9.17) is 4.74 Å². The standard InChI is InChI=1S/C21H24N4O2/c1-13-6-8-16(9-7-13)25-20-19(15(3)24-25)18(11-14(2)23-20)21(26)22-12-17-5-4-10-27-17/h6-9,11,17H,4-5,10,12H2,1-3H3,(H,22,26). The lowest BCUT2D eigenvalue weighted by Crippen LogP contribution is -2.32. The van der Waals surface area contributed by atoms with Crippen molar-refractivity contribution in [1.29, 1.82) is 0 Å². The van der Waals surface area contributed by atoms with Crippen LogP contribution in [0.1, 0.15) is 40.2 Å². The predicted octanol–water partition coefficient (Wildman–Crippen LogP) is 3.25. The van der Waals surface area contributed by atoms with Crippen LogP contribution in [0, 0.1) is 20.8 Å². The van der Waals surface area contributed by atoms with Crippen LogP contribution in [0.4, 0.5) is 0 Å². The van der Waals surface area contributed by atoms with Gasteiger partial charge in [-0.3, -0.25) is 4.79 Å². The fourth-order valence-corrected chi connectivity index (χ4v) is 3.57. The molecule has 0 bridgehead atoms. The second kappa shape index (κ2) is 7.12. The maximum Gasteiger partial charge on any atom is 0.252 e. The van der Waals surface area contributed by atoms with Gasteiger partial charge in [-0.25, -0.2) is 9.67 Å². The minimum atomic E-state index is -0.104. The van der Waals surface area contributed by atoms with Crippen LogP contribution in [0.15, 0.2) is 30.3 Å². The number of hydrogen-bond acceptors (Lipinski definition) is 4. The maximum absolute atomic E-state index is 12.9. The van der Waals surface area contributed by atoms with Crippen molar-refractivity contribution < 1.29 is 9.53 Å². The van der Waals surface area contributed by atoms with Gasteiger partial charge in [0.25, 0.3) is 5.91 Å². The number of fused-ring (bicyclic) bond motifs is 1. The lowest BCUT2D eigenvalue weighted by atomic mass is 10.1. The molecule has 4 rings (SSSR count).